The Labute approximate surface area is 116 Å². The molecule has 0 heterocycles. The van der Waals surface area contributed by atoms with Crippen molar-refractivity contribution in [3.05, 3.63) is 29.8 Å². The van der Waals surface area contributed by atoms with Crippen molar-refractivity contribution in [2.24, 2.45) is 11.8 Å². The van der Waals surface area contributed by atoms with E-state index >= 15 is 0 Å². The average Bonchev–Trinajstić information content (AvgIpc) is 2.37. The van der Waals surface area contributed by atoms with E-state index in [2.05, 4.69) is 38.3 Å². The molecule has 1 aromatic rings. The second-order valence-corrected chi connectivity index (χ2v) is 5.41. The van der Waals surface area contributed by atoms with E-state index in [0.29, 0.717) is 18.3 Å². The van der Waals surface area contributed by atoms with Crippen LogP contribution in [-0.2, 0) is 11.3 Å². The molecule has 0 aromatic heterocycles. The Kier molecular flexibility index (Phi) is 6.57. The van der Waals surface area contributed by atoms with E-state index in [4.69, 9.17) is 0 Å². The monoisotopic (exact) mass is 262 g/mol. The normalized spacial score (nSPS) is 12.5. The Morgan fingerprint density at radius 2 is 1.89 bits per heavy atom. The van der Waals surface area contributed by atoms with Crippen LogP contribution in [0.5, 0.6) is 0 Å². The molecule has 0 aliphatic rings. The summed E-state index contributed by atoms with van der Waals surface area (Å²) < 4.78 is 0. The van der Waals surface area contributed by atoms with Crippen LogP contribution in [0.25, 0.3) is 0 Å². The molecule has 0 bridgehead atoms. The van der Waals surface area contributed by atoms with E-state index in [1.807, 2.05) is 24.3 Å². The number of nitrogens with one attached hydrogen (secondary N) is 2. The molecule has 0 saturated heterocycles. The van der Waals surface area contributed by atoms with Gasteiger partial charge in [0.2, 0.25) is 5.91 Å². The third-order valence-electron chi connectivity index (χ3n) is 3.50. The predicted molar refractivity (Wildman–Crippen MR) is 81.1 cm³/mol. The molecule has 1 unspecified atom stereocenters. The van der Waals surface area contributed by atoms with Crippen molar-refractivity contribution >= 4 is 11.6 Å². The lowest BCUT2D eigenvalue weighted by molar-refractivity contribution is -0.117. The minimum atomic E-state index is 0.102. The van der Waals surface area contributed by atoms with Gasteiger partial charge >= 0.3 is 0 Å². The zero-order valence-electron chi connectivity index (χ0n) is 12.5. The summed E-state index contributed by atoms with van der Waals surface area (Å²) in [7, 11) is 0. The Morgan fingerprint density at radius 3 is 2.53 bits per heavy atom. The number of amides is 1. The number of carbonyl (C=O) groups is 1. The Hall–Kier alpha value is -1.35. The van der Waals surface area contributed by atoms with E-state index in [9.17, 15) is 4.79 Å². The van der Waals surface area contributed by atoms with Gasteiger partial charge in [-0.05, 0) is 30.0 Å². The fourth-order valence-corrected chi connectivity index (χ4v) is 1.79. The highest BCUT2D eigenvalue weighted by atomic mass is 16.1. The molecule has 1 atom stereocenters. The zero-order valence-corrected chi connectivity index (χ0v) is 12.5. The van der Waals surface area contributed by atoms with Crippen LogP contribution < -0.4 is 10.6 Å². The van der Waals surface area contributed by atoms with E-state index in [0.717, 1.165) is 24.3 Å². The van der Waals surface area contributed by atoms with Crippen LogP contribution in [0.4, 0.5) is 5.69 Å². The first-order valence-corrected chi connectivity index (χ1v) is 7.13. The van der Waals surface area contributed by atoms with Crippen LogP contribution in [0.3, 0.4) is 0 Å². The van der Waals surface area contributed by atoms with Gasteiger partial charge in [0.25, 0.3) is 0 Å². The van der Waals surface area contributed by atoms with Crippen molar-refractivity contribution < 1.29 is 4.79 Å². The third kappa shape index (κ3) is 5.43. The lowest BCUT2D eigenvalue weighted by atomic mass is 9.94. The van der Waals surface area contributed by atoms with Crippen molar-refractivity contribution in [1.29, 1.82) is 0 Å². The Morgan fingerprint density at radius 1 is 1.21 bits per heavy atom. The van der Waals surface area contributed by atoms with E-state index in [-0.39, 0.29) is 5.91 Å². The molecule has 0 aliphatic carbocycles. The number of benzene rings is 1. The molecule has 0 aliphatic heterocycles. The second kappa shape index (κ2) is 7.95. The number of hydrogen-bond donors (Lipinski definition) is 2. The highest BCUT2D eigenvalue weighted by Gasteiger charge is 2.13. The summed E-state index contributed by atoms with van der Waals surface area (Å²) in [5.41, 5.74) is 2.05. The molecule has 0 saturated carbocycles. The molecule has 1 aromatic carbocycles. The number of para-hydroxylation sites is 1. The number of rotatable bonds is 7. The van der Waals surface area contributed by atoms with Crippen molar-refractivity contribution in [1.82, 2.24) is 5.32 Å². The third-order valence-corrected chi connectivity index (χ3v) is 3.50. The molecular weight excluding hydrogens is 236 g/mol. The first-order valence-electron chi connectivity index (χ1n) is 7.13. The summed E-state index contributed by atoms with van der Waals surface area (Å²) >= 11 is 0. The minimum Gasteiger partial charge on any atom is -0.326 e. The fourth-order valence-electron chi connectivity index (χ4n) is 1.79. The van der Waals surface area contributed by atoms with Crippen molar-refractivity contribution in [3.8, 4) is 0 Å². The van der Waals surface area contributed by atoms with Crippen molar-refractivity contribution in [2.45, 2.75) is 40.7 Å². The van der Waals surface area contributed by atoms with Crippen LogP contribution >= 0.6 is 0 Å². The van der Waals surface area contributed by atoms with Gasteiger partial charge in [-0.2, -0.15) is 0 Å². The Balaban J connectivity index is 2.63. The SMILES string of the molecule is CCNCc1ccccc1NC(=O)CC(C)C(C)C. The van der Waals surface area contributed by atoms with Crippen molar-refractivity contribution in [2.75, 3.05) is 11.9 Å². The molecular formula is C16H26N2O. The average molecular weight is 262 g/mol. The van der Waals surface area contributed by atoms with E-state index in [1.165, 1.54) is 0 Å². The van der Waals surface area contributed by atoms with Crippen LogP contribution in [0.15, 0.2) is 24.3 Å². The molecule has 1 rings (SSSR count). The smallest absolute Gasteiger partial charge is 0.224 e. The van der Waals surface area contributed by atoms with Gasteiger partial charge < -0.3 is 10.6 Å². The van der Waals surface area contributed by atoms with Crippen molar-refractivity contribution in [3.63, 3.8) is 0 Å². The maximum absolute atomic E-state index is 12.0. The van der Waals surface area contributed by atoms with Crippen LogP contribution in [0.2, 0.25) is 0 Å². The highest BCUT2D eigenvalue weighted by Crippen LogP contribution is 2.18. The van der Waals surface area contributed by atoms with Gasteiger partial charge in [-0.3, -0.25) is 4.79 Å². The lowest BCUT2D eigenvalue weighted by Gasteiger charge is -2.16. The van der Waals surface area contributed by atoms with Crippen LogP contribution in [0.1, 0.15) is 39.7 Å². The van der Waals surface area contributed by atoms with Gasteiger partial charge in [0.1, 0.15) is 0 Å². The minimum absolute atomic E-state index is 0.102. The molecule has 0 radical (unpaired) electrons. The van der Waals surface area contributed by atoms with Gasteiger partial charge in [0, 0.05) is 18.7 Å². The molecule has 3 nitrogen and oxygen atoms in total. The van der Waals surface area contributed by atoms with Gasteiger partial charge in [-0.15, -0.1) is 0 Å². The number of anilines is 1. The summed E-state index contributed by atoms with van der Waals surface area (Å²) in [5, 5.41) is 6.31. The summed E-state index contributed by atoms with van der Waals surface area (Å²) in [6.07, 6.45) is 0.577. The maximum Gasteiger partial charge on any atom is 0.224 e. The molecule has 1 amide bonds. The molecule has 19 heavy (non-hydrogen) atoms. The first kappa shape index (κ1) is 15.7. The van der Waals surface area contributed by atoms with Gasteiger partial charge in [0.05, 0.1) is 0 Å². The topological polar surface area (TPSA) is 41.1 Å². The zero-order chi connectivity index (χ0) is 14.3. The van der Waals surface area contributed by atoms with Crippen LogP contribution in [-0.4, -0.2) is 12.5 Å². The summed E-state index contributed by atoms with van der Waals surface area (Å²) in [6, 6.07) is 7.96. The van der Waals surface area contributed by atoms with E-state index in [1.54, 1.807) is 0 Å². The molecule has 0 fully saturated rings. The standard InChI is InChI=1S/C16H26N2O/c1-5-17-11-14-8-6-7-9-15(14)18-16(19)10-13(4)12(2)3/h6-9,12-13,17H,5,10-11H2,1-4H3,(H,18,19). The van der Waals surface area contributed by atoms with Gasteiger partial charge in [-0.1, -0.05) is 45.9 Å². The van der Waals surface area contributed by atoms with Gasteiger partial charge in [-0.25, -0.2) is 0 Å². The summed E-state index contributed by atoms with van der Waals surface area (Å²) in [5.74, 6) is 1.04. The predicted octanol–water partition coefficient (Wildman–Crippen LogP) is 3.42. The second-order valence-electron chi connectivity index (χ2n) is 5.41. The van der Waals surface area contributed by atoms with E-state index < -0.39 is 0 Å². The molecule has 2 N–H and O–H groups in total. The molecule has 106 valence electrons. The fraction of sp³-hybridized carbons (Fsp3) is 0.562. The molecule has 0 spiro atoms. The highest BCUT2D eigenvalue weighted by molar-refractivity contribution is 5.91. The summed E-state index contributed by atoms with van der Waals surface area (Å²) in [6.45, 7) is 10.2. The van der Waals surface area contributed by atoms with Gasteiger partial charge in [0.15, 0.2) is 0 Å². The molecule has 3 heteroatoms. The lowest BCUT2D eigenvalue weighted by Crippen LogP contribution is -2.20. The first-order chi connectivity index (χ1) is 9.04. The largest absolute Gasteiger partial charge is 0.326 e. The maximum atomic E-state index is 12.0. The quantitative estimate of drug-likeness (QED) is 0.790. The summed E-state index contributed by atoms with van der Waals surface area (Å²) in [4.78, 5) is 12.0. The Bertz CT molecular complexity index is 401. The van der Waals surface area contributed by atoms with Crippen LogP contribution in [0, 0.1) is 11.8 Å². The number of carbonyl (C=O) groups excluding carboxylic acids is 1. The number of hydrogen-bond acceptors (Lipinski definition) is 2.